The third-order valence-corrected chi connectivity index (χ3v) is 6.15. The van der Waals surface area contributed by atoms with Gasteiger partial charge in [-0.2, -0.15) is 5.10 Å². The lowest BCUT2D eigenvalue weighted by Crippen LogP contribution is -2.34. The lowest BCUT2D eigenvalue weighted by molar-refractivity contribution is 0.0994. The molecule has 1 aliphatic heterocycles. The average Bonchev–Trinajstić information content (AvgIpc) is 2.92. The molecule has 1 saturated heterocycles. The van der Waals surface area contributed by atoms with E-state index in [0.29, 0.717) is 11.6 Å². The number of carbonyl (C=O) groups excluding carboxylic acids is 1. The molecule has 2 aliphatic rings. The summed E-state index contributed by atoms with van der Waals surface area (Å²) in [5.41, 5.74) is 9.65. The van der Waals surface area contributed by atoms with Gasteiger partial charge in [-0.15, -0.1) is 0 Å². The van der Waals surface area contributed by atoms with E-state index in [0.717, 1.165) is 67.2 Å². The van der Waals surface area contributed by atoms with Gasteiger partial charge in [0.1, 0.15) is 0 Å². The largest absolute Gasteiger partial charge is 0.364 e. The highest BCUT2D eigenvalue weighted by Crippen LogP contribution is 2.32. The zero-order valence-electron chi connectivity index (χ0n) is 17.4. The Hall–Kier alpha value is -2.48. The van der Waals surface area contributed by atoms with Gasteiger partial charge >= 0.3 is 0 Å². The fourth-order valence-electron chi connectivity index (χ4n) is 4.42. The first kappa shape index (κ1) is 19.8. The second kappa shape index (κ2) is 8.49. The van der Waals surface area contributed by atoms with Gasteiger partial charge < -0.3 is 16.0 Å². The normalized spacial score (nSPS) is 17.4. The van der Waals surface area contributed by atoms with Crippen molar-refractivity contribution in [2.45, 2.75) is 45.4 Å². The predicted octanol–water partition coefficient (Wildman–Crippen LogP) is 2.00. The maximum absolute atomic E-state index is 11.8. The van der Waals surface area contributed by atoms with Crippen LogP contribution in [0.15, 0.2) is 6.20 Å². The highest BCUT2D eigenvalue weighted by Gasteiger charge is 2.26. The standard InChI is InChI=1S/C21H31N7O/c1-14-7-11-28(12-8-14)10-4-9-23-21-24-13-15-5-3-6-16-18(20(22)29)26-27(2)19(16)17(15)25-21/h13-14H,3-12H2,1-2H3,(H2,22,29)(H,23,24,25). The lowest BCUT2D eigenvalue weighted by atomic mass is 9.99. The van der Waals surface area contributed by atoms with E-state index in [1.54, 1.807) is 4.68 Å². The number of piperidine rings is 1. The van der Waals surface area contributed by atoms with Crippen LogP contribution in [0.25, 0.3) is 11.4 Å². The van der Waals surface area contributed by atoms with Crippen LogP contribution in [0.3, 0.4) is 0 Å². The molecule has 0 unspecified atom stereocenters. The lowest BCUT2D eigenvalue weighted by Gasteiger charge is -2.30. The Morgan fingerprint density at radius 3 is 2.86 bits per heavy atom. The van der Waals surface area contributed by atoms with Crippen molar-refractivity contribution in [3.8, 4) is 11.4 Å². The zero-order chi connectivity index (χ0) is 20.4. The van der Waals surface area contributed by atoms with E-state index < -0.39 is 5.91 Å². The summed E-state index contributed by atoms with van der Waals surface area (Å²) in [6.45, 7) is 6.71. The van der Waals surface area contributed by atoms with Crippen LogP contribution in [-0.2, 0) is 19.9 Å². The van der Waals surface area contributed by atoms with Gasteiger partial charge in [0.25, 0.3) is 5.91 Å². The summed E-state index contributed by atoms with van der Waals surface area (Å²) in [6.07, 6.45) is 8.17. The molecule has 156 valence electrons. The minimum atomic E-state index is -0.482. The van der Waals surface area contributed by atoms with Crippen LogP contribution in [-0.4, -0.2) is 56.7 Å². The molecule has 0 saturated carbocycles. The molecule has 0 radical (unpaired) electrons. The van der Waals surface area contributed by atoms with Crippen LogP contribution in [0, 0.1) is 5.92 Å². The number of anilines is 1. The molecule has 0 atom stereocenters. The Morgan fingerprint density at radius 1 is 1.31 bits per heavy atom. The van der Waals surface area contributed by atoms with E-state index in [9.17, 15) is 4.79 Å². The van der Waals surface area contributed by atoms with Gasteiger partial charge in [0, 0.05) is 25.4 Å². The van der Waals surface area contributed by atoms with Gasteiger partial charge in [-0.25, -0.2) is 9.97 Å². The number of hydrogen-bond acceptors (Lipinski definition) is 6. The number of aromatic nitrogens is 4. The molecule has 8 heteroatoms. The highest BCUT2D eigenvalue weighted by molar-refractivity contribution is 5.94. The fraction of sp³-hybridized carbons (Fsp3) is 0.619. The molecule has 3 N–H and O–H groups in total. The number of amides is 1. The zero-order valence-corrected chi connectivity index (χ0v) is 17.4. The number of carbonyl (C=O) groups is 1. The molecule has 0 aromatic carbocycles. The van der Waals surface area contributed by atoms with Crippen molar-refractivity contribution in [1.29, 1.82) is 0 Å². The molecule has 8 nitrogen and oxygen atoms in total. The van der Waals surface area contributed by atoms with Crippen LogP contribution in [0.2, 0.25) is 0 Å². The number of primary amides is 1. The number of aryl methyl sites for hydroxylation is 2. The molecule has 1 amide bonds. The van der Waals surface area contributed by atoms with Crippen LogP contribution in [0.1, 0.15) is 54.2 Å². The topological polar surface area (TPSA) is 102 Å². The summed E-state index contributed by atoms with van der Waals surface area (Å²) >= 11 is 0. The Kier molecular flexibility index (Phi) is 5.80. The molecule has 2 aromatic heterocycles. The summed E-state index contributed by atoms with van der Waals surface area (Å²) in [5, 5.41) is 7.72. The van der Waals surface area contributed by atoms with Gasteiger partial charge in [-0.05, 0) is 69.6 Å². The first-order valence-electron chi connectivity index (χ1n) is 10.7. The smallest absolute Gasteiger partial charge is 0.269 e. The van der Waals surface area contributed by atoms with E-state index >= 15 is 0 Å². The van der Waals surface area contributed by atoms with Crippen LogP contribution in [0.4, 0.5) is 5.95 Å². The molecule has 29 heavy (non-hydrogen) atoms. The number of fused-ring (bicyclic) bond motifs is 3. The van der Waals surface area contributed by atoms with Gasteiger partial charge in [0.15, 0.2) is 5.69 Å². The first-order chi connectivity index (χ1) is 14.0. The van der Waals surface area contributed by atoms with Crippen LogP contribution >= 0.6 is 0 Å². The maximum Gasteiger partial charge on any atom is 0.269 e. The maximum atomic E-state index is 11.8. The van der Waals surface area contributed by atoms with E-state index in [1.807, 2.05) is 13.2 Å². The molecule has 0 bridgehead atoms. The van der Waals surface area contributed by atoms with Crippen molar-refractivity contribution < 1.29 is 4.79 Å². The molecular formula is C21H31N7O. The monoisotopic (exact) mass is 397 g/mol. The summed E-state index contributed by atoms with van der Waals surface area (Å²) in [7, 11) is 1.84. The van der Waals surface area contributed by atoms with Crippen LogP contribution in [0.5, 0.6) is 0 Å². The SMILES string of the molecule is CC1CCN(CCCNc2ncc3c(n2)-c2c(c(C(N)=O)nn2C)CCC3)CC1. The van der Waals surface area contributed by atoms with Gasteiger partial charge in [-0.1, -0.05) is 6.92 Å². The van der Waals surface area contributed by atoms with Crippen molar-refractivity contribution in [3.05, 3.63) is 23.0 Å². The Labute approximate surface area is 171 Å². The molecule has 3 heterocycles. The Morgan fingerprint density at radius 2 is 2.10 bits per heavy atom. The van der Waals surface area contributed by atoms with Crippen molar-refractivity contribution in [3.63, 3.8) is 0 Å². The second-order valence-corrected chi connectivity index (χ2v) is 8.39. The van der Waals surface area contributed by atoms with Crippen molar-refractivity contribution in [2.75, 3.05) is 31.5 Å². The quantitative estimate of drug-likeness (QED) is 0.723. The van der Waals surface area contributed by atoms with Crippen LogP contribution < -0.4 is 11.1 Å². The van der Waals surface area contributed by atoms with E-state index in [1.165, 1.54) is 25.9 Å². The number of nitrogens with zero attached hydrogens (tertiary/aromatic N) is 5. The molecule has 2 aromatic rings. The van der Waals surface area contributed by atoms with E-state index in [2.05, 4.69) is 27.2 Å². The Balaban J connectivity index is 1.45. The first-order valence-corrected chi connectivity index (χ1v) is 10.7. The van der Waals surface area contributed by atoms with Gasteiger partial charge in [-0.3, -0.25) is 9.48 Å². The minimum Gasteiger partial charge on any atom is -0.364 e. The Bertz CT molecular complexity index is 883. The van der Waals surface area contributed by atoms with Crippen molar-refractivity contribution in [2.24, 2.45) is 18.7 Å². The summed E-state index contributed by atoms with van der Waals surface area (Å²) in [4.78, 5) is 23.7. The summed E-state index contributed by atoms with van der Waals surface area (Å²) < 4.78 is 1.73. The number of nitrogens with two attached hydrogens (primary N) is 1. The number of likely N-dealkylation sites (tertiary alicyclic amines) is 1. The summed E-state index contributed by atoms with van der Waals surface area (Å²) in [5.74, 6) is 1.01. The van der Waals surface area contributed by atoms with Gasteiger partial charge in [0.2, 0.25) is 5.95 Å². The fourth-order valence-corrected chi connectivity index (χ4v) is 4.42. The minimum absolute atomic E-state index is 0.360. The number of rotatable bonds is 6. The molecule has 0 spiro atoms. The van der Waals surface area contributed by atoms with E-state index in [-0.39, 0.29) is 0 Å². The third-order valence-electron chi connectivity index (χ3n) is 6.15. The third kappa shape index (κ3) is 4.27. The molecule has 4 rings (SSSR count). The average molecular weight is 398 g/mol. The number of nitrogens with one attached hydrogen (secondary N) is 1. The number of hydrogen-bond donors (Lipinski definition) is 2. The highest BCUT2D eigenvalue weighted by atomic mass is 16.1. The summed E-state index contributed by atoms with van der Waals surface area (Å²) in [6, 6.07) is 0. The van der Waals surface area contributed by atoms with E-state index in [4.69, 9.17) is 10.7 Å². The van der Waals surface area contributed by atoms with Crippen molar-refractivity contribution in [1.82, 2.24) is 24.6 Å². The molecule has 1 aliphatic carbocycles. The predicted molar refractivity (Wildman–Crippen MR) is 113 cm³/mol. The molecule has 1 fully saturated rings. The van der Waals surface area contributed by atoms with Crippen molar-refractivity contribution >= 4 is 11.9 Å². The second-order valence-electron chi connectivity index (χ2n) is 8.39. The van der Waals surface area contributed by atoms with Gasteiger partial charge in [0.05, 0.1) is 11.4 Å². The molecular weight excluding hydrogens is 366 g/mol.